The number of methoxy groups -OCH3 is 1. The zero-order valence-corrected chi connectivity index (χ0v) is 19.5. The number of aliphatic hydroxyl groups excluding tert-OH is 1. The van der Waals surface area contributed by atoms with Crippen molar-refractivity contribution in [1.29, 1.82) is 0 Å². The van der Waals surface area contributed by atoms with Gasteiger partial charge in [0.15, 0.2) is 0 Å². The number of amides is 1. The Morgan fingerprint density at radius 1 is 0.909 bits per heavy atom. The van der Waals surface area contributed by atoms with Gasteiger partial charge in [-0.2, -0.15) is 0 Å². The Kier molecular flexibility index (Phi) is 5.81. The van der Waals surface area contributed by atoms with E-state index in [9.17, 15) is 14.7 Å². The van der Waals surface area contributed by atoms with Crippen molar-refractivity contribution >= 4 is 23.1 Å². The molecule has 4 rings (SSSR count). The van der Waals surface area contributed by atoms with Gasteiger partial charge in [-0.15, -0.1) is 0 Å². The van der Waals surface area contributed by atoms with Crippen molar-refractivity contribution in [3.8, 4) is 5.75 Å². The summed E-state index contributed by atoms with van der Waals surface area (Å²) in [6.45, 7) is 7.67. The molecular weight excluding hydrogens is 414 g/mol. The van der Waals surface area contributed by atoms with Crippen molar-refractivity contribution in [2.45, 2.75) is 33.7 Å². The van der Waals surface area contributed by atoms with Crippen LogP contribution < -0.4 is 9.64 Å². The summed E-state index contributed by atoms with van der Waals surface area (Å²) in [5, 5.41) is 11.4. The molecule has 1 amide bonds. The topological polar surface area (TPSA) is 66.8 Å². The van der Waals surface area contributed by atoms with Crippen molar-refractivity contribution in [2.24, 2.45) is 0 Å². The minimum absolute atomic E-state index is 0.0547. The Bertz CT molecular complexity index is 1300. The molecule has 5 heteroatoms. The fraction of sp³-hybridized carbons (Fsp3) is 0.214. The standard InChI is InChI=1S/C28H27NO4/c1-16-13-14-18(3)21(15-16)26(30)24-25(20-10-6-7-12-23(20)33-5)29(28(32)27(24)31)22-11-8-9-17(2)19(22)4/h6-15,25,30H,1-5H3/b26-24+. The van der Waals surface area contributed by atoms with Crippen molar-refractivity contribution < 1.29 is 19.4 Å². The van der Waals surface area contributed by atoms with Gasteiger partial charge in [0.05, 0.1) is 18.7 Å². The third kappa shape index (κ3) is 3.69. The van der Waals surface area contributed by atoms with Crippen LogP contribution >= 0.6 is 0 Å². The number of carbonyl (C=O) groups is 2. The Balaban J connectivity index is 2.06. The second-order valence-electron chi connectivity index (χ2n) is 8.45. The molecule has 1 aliphatic rings. The molecule has 1 aliphatic heterocycles. The quantitative estimate of drug-likeness (QED) is 0.327. The molecule has 0 spiro atoms. The van der Waals surface area contributed by atoms with E-state index in [4.69, 9.17) is 4.74 Å². The number of aliphatic hydroxyl groups is 1. The van der Waals surface area contributed by atoms with Gasteiger partial charge in [-0.05, 0) is 62.6 Å². The maximum absolute atomic E-state index is 13.4. The molecule has 5 nitrogen and oxygen atoms in total. The minimum atomic E-state index is -0.832. The number of hydrogen-bond donors (Lipinski definition) is 1. The summed E-state index contributed by atoms with van der Waals surface area (Å²) in [7, 11) is 1.55. The lowest BCUT2D eigenvalue weighted by Gasteiger charge is -2.28. The molecule has 0 aromatic heterocycles. The molecule has 0 radical (unpaired) electrons. The number of rotatable bonds is 4. The number of Topliss-reactive ketones (excluding diaryl/α,β-unsaturated/α-hetero) is 1. The zero-order valence-electron chi connectivity index (χ0n) is 19.5. The van der Waals surface area contributed by atoms with E-state index < -0.39 is 17.7 Å². The number of anilines is 1. The number of ether oxygens (including phenoxy) is 1. The third-order valence-corrected chi connectivity index (χ3v) is 6.36. The van der Waals surface area contributed by atoms with Gasteiger partial charge in [0.1, 0.15) is 11.5 Å². The number of ketones is 1. The van der Waals surface area contributed by atoms with E-state index in [1.165, 1.54) is 4.90 Å². The van der Waals surface area contributed by atoms with Crippen LogP contribution in [0.2, 0.25) is 0 Å². The lowest BCUT2D eigenvalue weighted by Crippen LogP contribution is -2.30. The van der Waals surface area contributed by atoms with Gasteiger partial charge in [0, 0.05) is 16.8 Å². The Hall–Kier alpha value is -3.86. The van der Waals surface area contributed by atoms with E-state index in [1.54, 1.807) is 13.2 Å². The van der Waals surface area contributed by atoms with Gasteiger partial charge in [0.2, 0.25) is 0 Å². The number of para-hydroxylation sites is 1. The average Bonchev–Trinajstić information content (AvgIpc) is 3.07. The van der Waals surface area contributed by atoms with Crippen LogP contribution in [0, 0.1) is 27.7 Å². The maximum Gasteiger partial charge on any atom is 0.300 e. The van der Waals surface area contributed by atoms with E-state index in [0.29, 0.717) is 22.6 Å². The second-order valence-corrected chi connectivity index (χ2v) is 8.45. The van der Waals surface area contributed by atoms with E-state index >= 15 is 0 Å². The highest BCUT2D eigenvalue weighted by Gasteiger charge is 2.48. The fourth-order valence-corrected chi connectivity index (χ4v) is 4.40. The second kappa shape index (κ2) is 8.58. The molecule has 3 aromatic rings. The normalized spacial score (nSPS) is 17.5. The molecule has 33 heavy (non-hydrogen) atoms. The molecule has 1 N–H and O–H groups in total. The first-order chi connectivity index (χ1) is 15.8. The Morgan fingerprint density at radius 3 is 2.36 bits per heavy atom. The van der Waals surface area contributed by atoms with Crippen molar-refractivity contribution in [1.82, 2.24) is 0 Å². The maximum atomic E-state index is 13.4. The van der Waals surface area contributed by atoms with E-state index in [1.807, 2.05) is 82.3 Å². The molecule has 0 bridgehead atoms. The van der Waals surface area contributed by atoms with Gasteiger partial charge in [-0.25, -0.2) is 0 Å². The first-order valence-electron chi connectivity index (χ1n) is 10.8. The molecule has 0 aliphatic carbocycles. The molecule has 1 heterocycles. The SMILES string of the molecule is COc1ccccc1C1/C(=C(\O)c2cc(C)ccc2C)C(=O)C(=O)N1c1cccc(C)c1C. The highest BCUT2D eigenvalue weighted by atomic mass is 16.5. The zero-order chi connectivity index (χ0) is 23.9. The highest BCUT2D eigenvalue weighted by molar-refractivity contribution is 6.51. The van der Waals surface area contributed by atoms with Gasteiger partial charge < -0.3 is 9.84 Å². The number of hydrogen-bond acceptors (Lipinski definition) is 4. The van der Waals surface area contributed by atoms with E-state index in [2.05, 4.69) is 0 Å². The summed E-state index contributed by atoms with van der Waals surface area (Å²) in [5.41, 5.74) is 5.51. The number of aryl methyl sites for hydroxylation is 3. The molecule has 0 saturated carbocycles. The third-order valence-electron chi connectivity index (χ3n) is 6.36. The summed E-state index contributed by atoms with van der Waals surface area (Å²) in [6, 6.07) is 17.8. The smallest absolute Gasteiger partial charge is 0.300 e. The summed E-state index contributed by atoms with van der Waals surface area (Å²) in [6.07, 6.45) is 0. The first-order valence-corrected chi connectivity index (χ1v) is 10.8. The summed E-state index contributed by atoms with van der Waals surface area (Å²) in [4.78, 5) is 28.4. The molecule has 1 unspecified atom stereocenters. The number of nitrogens with zero attached hydrogens (tertiary/aromatic N) is 1. The van der Waals surface area contributed by atoms with Crippen LogP contribution in [0.15, 0.2) is 66.2 Å². The van der Waals surface area contributed by atoms with Crippen LogP contribution in [0.4, 0.5) is 5.69 Å². The van der Waals surface area contributed by atoms with Gasteiger partial charge in [-0.1, -0.05) is 48.0 Å². The molecule has 1 saturated heterocycles. The monoisotopic (exact) mass is 441 g/mol. The van der Waals surface area contributed by atoms with Crippen LogP contribution in [-0.4, -0.2) is 23.9 Å². The van der Waals surface area contributed by atoms with Crippen molar-refractivity contribution in [3.63, 3.8) is 0 Å². The predicted molar refractivity (Wildman–Crippen MR) is 130 cm³/mol. The predicted octanol–water partition coefficient (Wildman–Crippen LogP) is 5.56. The summed E-state index contributed by atoms with van der Waals surface area (Å²) in [5.74, 6) is -1.04. The van der Waals surface area contributed by atoms with Crippen LogP contribution in [-0.2, 0) is 9.59 Å². The number of carbonyl (C=O) groups excluding carboxylic acids is 2. The highest BCUT2D eigenvalue weighted by Crippen LogP contribution is 2.46. The van der Waals surface area contributed by atoms with Gasteiger partial charge in [0.25, 0.3) is 11.7 Å². The van der Waals surface area contributed by atoms with Crippen LogP contribution in [0.3, 0.4) is 0 Å². The Morgan fingerprint density at radius 2 is 1.64 bits per heavy atom. The minimum Gasteiger partial charge on any atom is -0.507 e. The molecule has 168 valence electrons. The molecule has 3 aromatic carbocycles. The van der Waals surface area contributed by atoms with Crippen molar-refractivity contribution in [3.05, 3.63) is 99.6 Å². The van der Waals surface area contributed by atoms with Gasteiger partial charge in [-0.3, -0.25) is 14.5 Å². The summed E-state index contributed by atoms with van der Waals surface area (Å²) < 4.78 is 5.59. The Labute approximate surface area is 193 Å². The van der Waals surface area contributed by atoms with Crippen LogP contribution in [0.1, 0.15) is 39.4 Å². The lowest BCUT2D eigenvalue weighted by atomic mass is 9.92. The first kappa shape index (κ1) is 22.3. The summed E-state index contributed by atoms with van der Waals surface area (Å²) >= 11 is 0. The van der Waals surface area contributed by atoms with Crippen LogP contribution in [0.25, 0.3) is 5.76 Å². The fourth-order valence-electron chi connectivity index (χ4n) is 4.40. The molecular formula is C28H27NO4. The lowest BCUT2D eigenvalue weighted by molar-refractivity contribution is -0.132. The molecule has 1 atom stereocenters. The van der Waals surface area contributed by atoms with Crippen molar-refractivity contribution in [2.75, 3.05) is 12.0 Å². The van der Waals surface area contributed by atoms with E-state index in [0.717, 1.165) is 22.3 Å². The van der Waals surface area contributed by atoms with Crippen LogP contribution in [0.5, 0.6) is 5.75 Å². The number of benzene rings is 3. The average molecular weight is 442 g/mol. The van der Waals surface area contributed by atoms with Gasteiger partial charge >= 0.3 is 0 Å². The van der Waals surface area contributed by atoms with E-state index in [-0.39, 0.29) is 11.3 Å². The molecule has 1 fully saturated rings. The largest absolute Gasteiger partial charge is 0.507 e.